The van der Waals surface area contributed by atoms with Gasteiger partial charge in [0, 0.05) is 0 Å². The molecule has 1 atom stereocenters. The molecular formula is C13H26O5. The number of ether oxygens (including phenoxy) is 1. The Balaban J connectivity index is 3.76. The summed E-state index contributed by atoms with van der Waals surface area (Å²) in [5.41, 5.74) is -0.536. The lowest BCUT2D eigenvalue weighted by Crippen LogP contribution is -2.23. The first kappa shape index (κ1) is 17.2. The van der Waals surface area contributed by atoms with E-state index in [0.29, 0.717) is 0 Å². The summed E-state index contributed by atoms with van der Waals surface area (Å²) in [5.74, 6) is 0. The Bertz CT molecular complexity index is 222. The quantitative estimate of drug-likeness (QED) is 0.284. The minimum absolute atomic E-state index is 0.123. The predicted molar refractivity (Wildman–Crippen MR) is 67.7 cm³/mol. The third-order valence-corrected chi connectivity index (χ3v) is 2.23. The summed E-state index contributed by atoms with van der Waals surface area (Å²) in [6, 6.07) is 0. The molecule has 0 spiro atoms. The summed E-state index contributed by atoms with van der Waals surface area (Å²) < 4.78 is 5.09. The second kappa shape index (κ2) is 9.16. The smallest absolute Gasteiger partial charge is 0.429 e. The molecule has 18 heavy (non-hydrogen) atoms. The molecule has 0 amide bonds. The fourth-order valence-corrected chi connectivity index (χ4v) is 1.27. The van der Waals surface area contributed by atoms with Crippen LogP contribution in [-0.2, 0) is 19.6 Å². The molecule has 0 bridgehead atoms. The zero-order valence-electron chi connectivity index (χ0n) is 12.2. The van der Waals surface area contributed by atoms with Gasteiger partial charge in [0.15, 0.2) is 0 Å². The maximum Gasteiger partial charge on any atom is 0.542 e. The minimum atomic E-state index is -0.859. The van der Waals surface area contributed by atoms with E-state index in [9.17, 15) is 4.79 Å². The number of carbonyl (C=O) groups excluding carboxylic acids is 1. The summed E-state index contributed by atoms with van der Waals surface area (Å²) in [7, 11) is 0. The fourth-order valence-electron chi connectivity index (χ4n) is 1.27. The van der Waals surface area contributed by atoms with Gasteiger partial charge in [-0.25, -0.2) is 9.68 Å². The van der Waals surface area contributed by atoms with Crippen molar-refractivity contribution in [1.29, 1.82) is 0 Å². The van der Waals surface area contributed by atoms with E-state index in [0.717, 1.165) is 32.1 Å². The highest BCUT2D eigenvalue weighted by Gasteiger charge is 2.17. The number of carbonyl (C=O) groups is 1. The molecule has 0 saturated heterocycles. The van der Waals surface area contributed by atoms with Crippen LogP contribution in [0.25, 0.3) is 0 Å². The van der Waals surface area contributed by atoms with Crippen LogP contribution in [0.15, 0.2) is 0 Å². The van der Waals surface area contributed by atoms with Crippen LogP contribution >= 0.6 is 0 Å². The van der Waals surface area contributed by atoms with Gasteiger partial charge in [-0.15, -0.1) is 0 Å². The van der Waals surface area contributed by atoms with Crippen LogP contribution in [0.2, 0.25) is 0 Å². The van der Waals surface area contributed by atoms with Crippen LogP contribution in [0.1, 0.15) is 66.7 Å². The third-order valence-electron chi connectivity index (χ3n) is 2.23. The maximum atomic E-state index is 11.3. The molecule has 0 aromatic heterocycles. The summed E-state index contributed by atoms with van der Waals surface area (Å²) in [5, 5.41) is 4.36. The Morgan fingerprint density at radius 2 is 1.83 bits per heavy atom. The zero-order valence-corrected chi connectivity index (χ0v) is 12.2. The van der Waals surface area contributed by atoms with Gasteiger partial charge < -0.3 is 4.74 Å². The molecule has 5 heteroatoms. The lowest BCUT2D eigenvalue weighted by atomic mass is 10.1. The molecule has 0 N–H and O–H groups in total. The molecule has 0 aliphatic carbocycles. The van der Waals surface area contributed by atoms with E-state index >= 15 is 0 Å². The average Bonchev–Trinajstić information content (AvgIpc) is 2.26. The van der Waals surface area contributed by atoms with Crippen LogP contribution in [0, 0.1) is 0 Å². The molecule has 1 unspecified atom stereocenters. The van der Waals surface area contributed by atoms with Crippen molar-refractivity contribution in [3.8, 4) is 0 Å². The maximum absolute atomic E-state index is 11.3. The van der Waals surface area contributed by atoms with Crippen LogP contribution in [0.4, 0.5) is 4.79 Å². The molecule has 0 rings (SSSR count). The Labute approximate surface area is 110 Å². The van der Waals surface area contributed by atoms with Crippen molar-refractivity contribution < 1.29 is 24.3 Å². The highest BCUT2D eigenvalue weighted by atomic mass is 17.5. The van der Waals surface area contributed by atoms with Crippen LogP contribution in [0.5, 0.6) is 0 Å². The van der Waals surface area contributed by atoms with E-state index in [4.69, 9.17) is 9.62 Å². The number of unbranched alkanes of at least 4 members (excludes halogenated alkanes) is 2. The van der Waals surface area contributed by atoms with Gasteiger partial charge in [-0.3, -0.25) is 0 Å². The molecule has 0 fully saturated rings. The second-order valence-corrected chi connectivity index (χ2v) is 5.24. The molecule has 0 saturated carbocycles. The molecule has 0 heterocycles. The number of rotatable bonds is 8. The Morgan fingerprint density at radius 3 is 2.33 bits per heavy atom. The van der Waals surface area contributed by atoms with Crippen molar-refractivity contribution in [2.45, 2.75) is 78.4 Å². The Morgan fingerprint density at radius 1 is 1.17 bits per heavy atom. The molecular weight excluding hydrogens is 236 g/mol. The van der Waals surface area contributed by atoms with E-state index in [1.54, 1.807) is 20.8 Å². The van der Waals surface area contributed by atoms with Crippen molar-refractivity contribution in [3.63, 3.8) is 0 Å². The highest BCUT2D eigenvalue weighted by Crippen LogP contribution is 2.12. The fraction of sp³-hybridized carbons (Fsp3) is 0.923. The predicted octanol–water partition coefficient (Wildman–Crippen LogP) is 4.16. The van der Waals surface area contributed by atoms with Crippen LogP contribution in [-0.4, -0.2) is 17.9 Å². The van der Waals surface area contributed by atoms with E-state index < -0.39 is 11.8 Å². The minimum Gasteiger partial charge on any atom is -0.429 e. The lowest BCUT2D eigenvalue weighted by molar-refractivity contribution is -0.515. The molecule has 0 radical (unpaired) electrons. The van der Waals surface area contributed by atoms with E-state index in [2.05, 4.69) is 16.8 Å². The topological polar surface area (TPSA) is 54.0 Å². The van der Waals surface area contributed by atoms with Gasteiger partial charge in [-0.05, 0) is 45.1 Å². The van der Waals surface area contributed by atoms with E-state index in [1.165, 1.54) is 0 Å². The van der Waals surface area contributed by atoms with Gasteiger partial charge in [-0.2, -0.15) is 4.89 Å². The normalized spacial score (nSPS) is 13.2. The SMILES string of the molecule is CCCCCC(CC)OC(=O)OOOC(C)(C)C. The average molecular weight is 262 g/mol. The number of hydrogen-bond donors (Lipinski definition) is 0. The van der Waals surface area contributed by atoms with Crippen molar-refractivity contribution in [2.24, 2.45) is 0 Å². The van der Waals surface area contributed by atoms with Gasteiger partial charge >= 0.3 is 6.16 Å². The van der Waals surface area contributed by atoms with E-state index in [-0.39, 0.29) is 6.10 Å². The summed E-state index contributed by atoms with van der Waals surface area (Å²) in [6.07, 6.45) is 3.95. The van der Waals surface area contributed by atoms with Crippen LogP contribution in [0.3, 0.4) is 0 Å². The molecule has 0 aliphatic heterocycles. The van der Waals surface area contributed by atoms with Crippen molar-refractivity contribution >= 4 is 6.16 Å². The summed E-state index contributed by atoms with van der Waals surface area (Å²) in [4.78, 5) is 20.4. The molecule has 5 nitrogen and oxygen atoms in total. The first-order chi connectivity index (χ1) is 8.39. The Hall–Kier alpha value is -0.810. The Kier molecular flexibility index (Phi) is 8.75. The lowest BCUT2D eigenvalue weighted by Gasteiger charge is -2.17. The zero-order chi connectivity index (χ0) is 14.0. The second-order valence-electron chi connectivity index (χ2n) is 5.24. The third kappa shape index (κ3) is 10.4. The van der Waals surface area contributed by atoms with Crippen LogP contribution < -0.4 is 0 Å². The molecule has 0 aromatic rings. The standard InChI is InChI=1S/C13H26O5/c1-6-8-9-10-11(7-2)15-12(14)16-18-17-13(3,4)5/h11H,6-10H2,1-5H3. The van der Waals surface area contributed by atoms with Crippen molar-refractivity contribution in [1.82, 2.24) is 0 Å². The van der Waals surface area contributed by atoms with Gasteiger partial charge in [-0.1, -0.05) is 26.7 Å². The highest BCUT2D eigenvalue weighted by molar-refractivity contribution is 5.59. The molecule has 108 valence electrons. The van der Waals surface area contributed by atoms with Gasteiger partial charge in [0.25, 0.3) is 0 Å². The van der Waals surface area contributed by atoms with Gasteiger partial charge in [0.2, 0.25) is 0 Å². The first-order valence-electron chi connectivity index (χ1n) is 6.62. The van der Waals surface area contributed by atoms with Crippen molar-refractivity contribution in [3.05, 3.63) is 0 Å². The molecule has 0 aromatic carbocycles. The monoisotopic (exact) mass is 262 g/mol. The van der Waals surface area contributed by atoms with E-state index in [1.807, 2.05) is 6.92 Å². The van der Waals surface area contributed by atoms with Gasteiger partial charge in [0.1, 0.15) is 6.10 Å². The molecule has 0 aliphatic rings. The van der Waals surface area contributed by atoms with Crippen molar-refractivity contribution in [2.75, 3.05) is 0 Å². The van der Waals surface area contributed by atoms with Gasteiger partial charge in [0.05, 0.1) is 5.60 Å². The number of hydrogen-bond acceptors (Lipinski definition) is 5. The largest absolute Gasteiger partial charge is 0.542 e. The first-order valence-corrected chi connectivity index (χ1v) is 6.62. The summed E-state index contributed by atoms with van der Waals surface area (Å²) in [6.45, 7) is 9.44. The summed E-state index contributed by atoms with van der Waals surface area (Å²) >= 11 is 0.